The minimum atomic E-state index is -4.90. The van der Waals surface area contributed by atoms with Gasteiger partial charge in [0.05, 0.1) is 12.1 Å². The molecule has 1 aromatic carbocycles. The molecule has 1 aliphatic carbocycles. The first kappa shape index (κ1) is 11.9. The molecule has 2 rings (SSSR count). The van der Waals surface area contributed by atoms with E-state index in [1.165, 1.54) is 0 Å². The number of carbonyl (C=O) groups excluding carboxylic acids is 1. The Hall–Kier alpha value is -1.56. The van der Waals surface area contributed by atoms with Gasteiger partial charge >= 0.3 is 12.1 Å². The van der Waals surface area contributed by atoms with E-state index in [1.807, 2.05) is 5.32 Å². The molecular weight excluding hydrogens is 235 g/mol. The van der Waals surface area contributed by atoms with Gasteiger partial charge < -0.3 is 10.4 Å². The highest BCUT2D eigenvalue weighted by molar-refractivity contribution is 5.82. The van der Waals surface area contributed by atoms with Crippen LogP contribution in [0.1, 0.15) is 29.7 Å². The zero-order valence-corrected chi connectivity index (χ0v) is 8.66. The Morgan fingerprint density at radius 2 is 1.88 bits per heavy atom. The van der Waals surface area contributed by atoms with Gasteiger partial charge in [-0.3, -0.25) is 4.79 Å². The van der Waals surface area contributed by atoms with Crippen molar-refractivity contribution in [2.24, 2.45) is 0 Å². The molecule has 0 radical (unpaired) electrons. The molecule has 6 heteroatoms. The average molecular weight is 245 g/mol. The number of benzene rings is 1. The maximum Gasteiger partial charge on any atom is 0.471 e. The molecule has 0 heterocycles. The van der Waals surface area contributed by atoms with Gasteiger partial charge in [0, 0.05) is 6.42 Å². The smallest absolute Gasteiger partial charge is 0.388 e. The van der Waals surface area contributed by atoms with E-state index in [0.717, 1.165) is 0 Å². The summed E-state index contributed by atoms with van der Waals surface area (Å²) in [5, 5.41) is 11.5. The monoisotopic (exact) mass is 245 g/mol. The summed E-state index contributed by atoms with van der Waals surface area (Å²) in [7, 11) is 0. The van der Waals surface area contributed by atoms with Crippen LogP contribution in [0.2, 0.25) is 0 Å². The fourth-order valence-corrected chi connectivity index (χ4v) is 1.99. The predicted octanol–water partition coefficient (Wildman–Crippen LogP) is 1.84. The van der Waals surface area contributed by atoms with E-state index in [-0.39, 0.29) is 6.42 Å². The van der Waals surface area contributed by atoms with E-state index in [4.69, 9.17) is 0 Å². The summed E-state index contributed by atoms with van der Waals surface area (Å²) in [6.45, 7) is 0. The second kappa shape index (κ2) is 4.03. The van der Waals surface area contributed by atoms with Crippen molar-refractivity contribution < 1.29 is 23.1 Å². The number of aliphatic hydroxyl groups is 1. The van der Waals surface area contributed by atoms with Crippen LogP contribution in [0.4, 0.5) is 13.2 Å². The molecule has 92 valence electrons. The quantitative estimate of drug-likeness (QED) is 0.793. The first-order valence-corrected chi connectivity index (χ1v) is 5.04. The molecule has 0 saturated heterocycles. The third-order valence-electron chi connectivity index (χ3n) is 2.75. The highest BCUT2D eigenvalue weighted by atomic mass is 19.4. The molecule has 3 nitrogen and oxygen atoms in total. The van der Waals surface area contributed by atoms with E-state index in [1.54, 1.807) is 24.3 Å². The fourth-order valence-electron chi connectivity index (χ4n) is 1.99. The van der Waals surface area contributed by atoms with Crippen LogP contribution in [0.15, 0.2) is 24.3 Å². The lowest BCUT2D eigenvalue weighted by atomic mass is 10.1. The molecule has 1 aromatic rings. The number of aliphatic hydroxyl groups excluding tert-OH is 1. The molecule has 2 unspecified atom stereocenters. The molecule has 0 aromatic heterocycles. The topological polar surface area (TPSA) is 49.3 Å². The molecular formula is C11H10F3NO2. The molecule has 2 atom stereocenters. The summed E-state index contributed by atoms with van der Waals surface area (Å²) in [4.78, 5) is 10.8. The van der Waals surface area contributed by atoms with Gasteiger partial charge in [-0.25, -0.2) is 0 Å². The van der Waals surface area contributed by atoms with Crippen molar-refractivity contribution in [3.8, 4) is 0 Å². The molecule has 1 aliphatic rings. The molecule has 1 amide bonds. The minimum absolute atomic E-state index is 0.0706. The molecule has 17 heavy (non-hydrogen) atoms. The Kier molecular flexibility index (Phi) is 2.82. The summed E-state index contributed by atoms with van der Waals surface area (Å²) < 4.78 is 36.3. The number of halogens is 3. The van der Waals surface area contributed by atoms with Crippen LogP contribution in [0.25, 0.3) is 0 Å². The fraction of sp³-hybridized carbons (Fsp3) is 0.364. The van der Waals surface area contributed by atoms with Crippen LogP contribution >= 0.6 is 0 Å². The van der Waals surface area contributed by atoms with Crippen LogP contribution in [-0.2, 0) is 4.79 Å². The number of hydrogen-bond acceptors (Lipinski definition) is 2. The Morgan fingerprint density at radius 3 is 2.47 bits per heavy atom. The Labute approximate surface area is 95.3 Å². The molecule has 0 bridgehead atoms. The molecule has 0 fully saturated rings. The zero-order valence-electron chi connectivity index (χ0n) is 8.66. The van der Waals surface area contributed by atoms with Crippen LogP contribution in [0.5, 0.6) is 0 Å². The average Bonchev–Trinajstić information content (AvgIpc) is 2.56. The van der Waals surface area contributed by atoms with Crippen LogP contribution in [0, 0.1) is 0 Å². The largest absolute Gasteiger partial charge is 0.471 e. The predicted molar refractivity (Wildman–Crippen MR) is 53.0 cm³/mol. The maximum atomic E-state index is 12.1. The summed E-state index contributed by atoms with van der Waals surface area (Å²) in [5.74, 6) is -1.98. The van der Waals surface area contributed by atoms with Crippen LogP contribution in [0.3, 0.4) is 0 Å². The van der Waals surface area contributed by atoms with Gasteiger partial charge in [0.25, 0.3) is 0 Å². The van der Waals surface area contributed by atoms with Gasteiger partial charge in [-0.2, -0.15) is 13.2 Å². The van der Waals surface area contributed by atoms with Crippen molar-refractivity contribution >= 4 is 5.91 Å². The number of rotatable bonds is 1. The third kappa shape index (κ3) is 2.26. The second-order valence-electron chi connectivity index (χ2n) is 3.90. The first-order chi connectivity index (χ1) is 7.89. The summed E-state index contributed by atoms with van der Waals surface area (Å²) >= 11 is 0. The zero-order chi connectivity index (χ0) is 12.6. The van der Waals surface area contributed by atoms with Crippen molar-refractivity contribution in [1.29, 1.82) is 0 Å². The lowest BCUT2D eigenvalue weighted by Gasteiger charge is -2.15. The highest BCUT2D eigenvalue weighted by Gasteiger charge is 2.41. The van der Waals surface area contributed by atoms with Gasteiger partial charge in [-0.1, -0.05) is 24.3 Å². The number of carbonyl (C=O) groups is 1. The number of alkyl halides is 3. The Morgan fingerprint density at radius 1 is 1.29 bits per heavy atom. The Balaban J connectivity index is 2.18. The van der Waals surface area contributed by atoms with E-state index in [9.17, 15) is 23.1 Å². The van der Waals surface area contributed by atoms with Gasteiger partial charge in [0.1, 0.15) is 0 Å². The molecule has 0 aliphatic heterocycles. The normalized spacial score (nSPS) is 23.3. The van der Waals surface area contributed by atoms with E-state index in [0.29, 0.717) is 11.1 Å². The molecule has 0 spiro atoms. The summed E-state index contributed by atoms with van der Waals surface area (Å²) in [6.07, 6.45) is -5.66. The van der Waals surface area contributed by atoms with Crippen molar-refractivity contribution in [3.05, 3.63) is 35.4 Å². The van der Waals surface area contributed by atoms with E-state index < -0.39 is 24.2 Å². The third-order valence-corrected chi connectivity index (χ3v) is 2.75. The number of hydrogen-bond donors (Lipinski definition) is 2. The summed E-state index contributed by atoms with van der Waals surface area (Å²) in [6, 6.07) is 5.81. The molecule has 0 saturated carbocycles. The summed E-state index contributed by atoms with van der Waals surface area (Å²) in [5.41, 5.74) is 1.11. The van der Waals surface area contributed by atoms with Gasteiger partial charge in [0.15, 0.2) is 0 Å². The van der Waals surface area contributed by atoms with E-state index in [2.05, 4.69) is 0 Å². The second-order valence-corrected chi connectivity index (χ2v) is 3.90. The standard InChI is InChI=1S/C11H10F3NO2/c12-11(13,14)10(17)15-8-5-9(16)7-4-2-1-3-6(7)8/h1-4,8-9,16H,5H2,(H,15,17). The lowest BCUT2D eigenvalue weighted by molar-refractivity contribution is -0.174. The van der Waals surface area contributed by atoms with Gasteiger partial charge in [-0.05, 0) is 11.1 Å². The van der Waals surface area contributed by atoms with Crippen molar-refractivity contribution in [2.75, 3.05) is 0 Å². The first-order valence-electron chi connectivity index (χ1n) is 5.04. The minimum Gasteiger partial charge on any atom is -0.388 e. The van der Waals surface area contributed by atoms with Crippen molar-refractivity contribution in [1.82, 2.24) is 5.32 Å². The maximum absolute atomic E-state index is 12.1. The number of amides is 1. The Bertz CT molecular complexity index is 445. The van der Waals surface area contributed by atoms with Crippen molar-refractivity contribution in [3.63, 3.8) is 0 Å². The van der Waals surface area contributed by atoms with Crippen LogP contribution < -0.4 is 5.32 Å². The van der Waals surface area contributed by atoms with Crippen molar-refractivity contribution in [2.45, 2.75) is 24.7 Å². The molecule has 2 N–H and O–H groups in total. The van der Waals surface area contributed by atoms with Gasteiger partial charge in [0.2, 0.25) is 0 Å². The lowest BCUT2D eigenvalue weighted by Crippen LogP contribution is -2.38. The SMILES string of the molecule is O=C(NC1CC(O)c2ccccc21)C(F)(F)F. The number of nitrogens with one attached hydrogen (secondary N) is 1. The highest BCUT2D eigenvalue weighted by Crippen LogP contribution is 2.38. The van der Waals surface area contributed by atoms with E-state index >= 15 is 0 Å². The van der Waals surface area contributed by atoms with Crippen LogP contribution in [-0.4, -0.2) is 17.2 Å². The van der Waals surface area contributed by atoms with Gasteiger partial charge in [-0.15, -0.1) is 0 Å². The number of fused-ring (bicyclic) bond motifs is 1.